The molecular formula is C16H11BrO. The summed E-state index contributed by atoms with van der Waals surface area (Å²) >= 11 is 3.25. The van der Waals surface area contributed by atoms with Gasteiger partial charge in [0.25, 0.3) is 0 Å². The molecule has 0 fully saturated rings. The lowest BCUT2D eigenvalue weighted by molar-refractivity contribution is 0.103. The first-order valence-corrected chi connectivity index (χ1v) is 6.68. The average Bonchev–Trinajstić information content (AvgIpc) is 2.45. The third-order valence-electron chi connectivity index (χ3n) is 2.50. The van der Waals surface area contributed by atoms with E-state index in [0.717, 1.165) is 5.56 Å². The molecule has 1 nitrogen and oxygen atoms in total. The van der Waals surface area contributed by atoms with Gasteiger partial charge in [0.05, 0.1) is 5.33 Å². The van der Waals surface area contributed by atoms with Gasteiger partial charge in [0.2, 0.25) is 0 Å². The lowest BCUT2D eigenvalue weighted by Gasteiger charge is -2.03. The Kier molecular flexibility index (Phi) is 4.33. The molecule has 18 heavy (non-hydrogen) atoms. The summed E-state index contributed by atoms with van der Waals surface area (Å²) < 4.78 is 0. The Balaban J connectivity index is 2.42. The van der Waals surface area contributed by atoms with Gasteiger partial charge in [-0.25, -0.2) is 0 Å². The second-order valence-corrected chi connectivity index (χ2v) is 4.24. The van der Waals surface area contributed by atoms with Gasteiger partial charge < -0.3 is 0 Å². The number of carbonyl (C=O) groups excluding carboxylic acids is 1. The Labute approximate surface area is 115 Å². The molecule has 0 aromatic heterocycles. The molecule has 2 heteroatoms. The highest BCUT2D eigenvalue weighted by Crippen LogP contribution is 2.13. The molecule has 88 valence electrons. The van der Waals surface area contributed by atoms with E-state index in [4.69, 9.17) is 0 Å². The largest absolute Gasteiger partial charge is 0.289 e. The predicted molar refractivity (Wildman–Crippen MR) is 77.0 cm³/mol. The number of alkyl halides is 1. The topological polar surface area (TPSA) is 17.1 Å². The number of benzene rings is 2. The summed E-state index contributed by atoms with van der Waals surface area (Å²) in [6.45, 7) is 0. The first kappa shape index (κ1) is 12.6. The van der Waals surface area contributed by atoms with E-state index in [1.165, 1.54) is 0 Å². The average molecular weight is 299 g/mol. The predicted octanol–water partition coefficient (Wildman–Crippen LogP) is 3.66. The van der Waals surface area contributed by atoms with Gasteiger partial charge in [0, 0.05) is 16.7 Å². The van der Waals surface area contributed by atoms with Gasteiger partial charge in [0.15, 0.2) is 5.78 Å². The highest BCUT2D eigenvalue weighted by Gasteiger charge is 2.11. The van der Waals surface area contributed by atoms with E-state index in [0.29, 0.717) is 16.5 Å². The third kappa shape index (κ3) is 2.88. The number of rotatable bonds is 2. The number of carbonyl (C=O) groups is 1. The fraction of sp³-hybridized carbons (Fsp3) is 0.0625. The van der Waals surface area contributed by atoms with E-state index in [9.17, 15) is 4.79 Å². The lowest BCUT2D eigenvalue weighted by atomic mass is 9.99. The summed E-state index contributed by atoms with van der Waals surface area (Å²) in [5.74, 6) is 5.93. The molecule has 0 heterocycles. The fourth-order valence-corrected chi connectivity index (χ4v) is 1.80. The van der Waals surface area contributed by atoms with Crippen LogP contribution in [0.4, 0.5) is 0 Å². The molecule has 0 bridgehead atoms. The van der Waals surface area contributed by atoms with E-state index < -0.39 is 0 Å². The Hall–Kier alpha value is -1.85. The Morgan fingerprint density at radius 3 is 2.39 bits per heavy atom. The van der Waals surface area contributed by atoms with E-state index in [1.807, 2.05) is 54.6 Å². The first-order chi connectivity index (χ1) is 8.83. The standard InChI is InChI=1S/C16H11BrO/c17-12-6-10-13-7-4-5-11-15(13)16(18)14-8-2-1-3-9-14/h1-5,7-9,11H,12H2. The smallest absolute Gasteiger partial charge is 0.194 e. The van der Waals surface area contributed by atoms with Crippen molar-refractivity contribution in [2.24, 2.45) is 0 Å². The number of hydrogen-bond acceptors (Lipinski definition) is 1. The SMILES string of the molecule is O=C(c1ccccc1)c1ccccc1C#CCBr. The van der Waals surface area contributed by atoms with Crippen LogP contribution in [0, 0.1) is 11.8 Å². The molecule has 0 unspecified atom stereocenters. The molecule has 0 aliphatic carbocycles. The van der Waals surface area contributed by atoms with Crippen LogP contribution in [-0.2, 0) is 0 Å². The van der Waals surface area contributed by atoms with Gasteiger partial charge in [-0.15, -0.1) is 0 Å². The second-order valence-electron chi connectivity index (χ2n) is 3.68. The first-order valence-electron chi connectivity index (χ1n) is 5.56. The summed E-state index contributed by atoms with van der Waals surface area (Å²) in [6, 6.07) is 16.7. The van der Waals surface area contributed by atoms with E-state index in [-0.39, 0.29) is 5.78 Å². The van der Waals surface area contributed by atoms with Crippen molar-refractivity contribution in [2.45, 2.75) is 0 Å². The van der Waals surface area contributed by atoms with Gasteiger partial charge in [-0.1, -0.05) is 70.2 Å². The Morgan fingerprint density at radius 1 is 1.00 bits per heavy atom. The summed E-state index contributed by atoms with van der Waals surface area (Å²) in [5, 5.41) is 0.598. The molecule has 2 aromatic rings. The monoisotopic (exact) mass is 298 g/mol. The third-order valence-corrected chi connectivity index (χ3v) is 2.78. The van der Waals surface area contributed by atoms with Crippen LogP contribution < -0.4 is 0 Å². The Morgan fingerprint density at radius 2 is 1.67 bits per heavy atom. The molecule has 0 atom stereocenters. The number of halogens is 1. The zero-order valence-corrected chi connectivity index (χ0v) is 11.3. The van der Waals surface area contributed by atoms with Crippen LogP contribution in [0.2, 0.25) is 0 Å². The van der Waals surface area contributed by atoms with E-state index in [1.54, 1.807) is 0 Å². The molecule has 0 aliphatic heterocycles. The molecule has 2 aromatic carbocycles. The van der Waals surface area contributed by atoms with Gasteiger partial charge >= 0.3 is 0 Å². The molecule has 0 spiro atoms. The maximum atomic E-state index is 12.4. The number of hydrogen-bond donors (Lipinski definition) is 0. The van der Waals surface area contributed by atoms with Crippen LogP contribution in [0.3, 0.4) is 0 Å². The minimum absolute atomic E-state index is 0.00933. The molecule has 0 N–H and O–H groups in total. The van der Waals surface area contributed by atoms with Crippen LogP contribution in [0.15, 0.2) is 54.6 Å². The van der Waals surface area contributed by atoms with Crippen LogP contribution in [0.5, 0.6) is 0 Å². The van der Waals surface area contributed by atoms with E-state index >= 15 is 0 Å². The van der Waals surface area contributed by atoms with Crippen molar-refractivity contribution in [1.82, 2.24) is 0 Å². The number of ketones is 1. The summed E-state index contributed by atoms with van der Waals surface area (Å²) in [6.07, 6.45) is 0. The van der Waals surface area contributed by atoms with Crippen molar-refractivity contribution < 1.29 is 4.79 Å². The van der Waals surface area contributed by atoms with Crippen molar-refractivity contribution >= 4 is 21.7 Å². The zero-order chi connectivity index (χ0) is 12.8. The lowest BCUT2D eigenvalue weighted by Crippen LogP contribution is -2.03. The molecule has 0 saturated heterocycles. The normalized spacial score (nSPS) is 9.39. The summed E-state index contributed by atoms with van der Waals surface area (Å²) in [7, 11) is 0. The summed E-state index contributed by atoms with van der Waals surface area (Å²) in [5.41, 5.74) is 2.11. The summed E-state index contributed by atoms with van der Waals surface area (Å²) in [4.78, 5) is 12.4. The maximum absolute atomic E-state index is 12.4. The molecular weight excluding hydrogens is 288 g/mol. The van der Waals surface area contributed by atoms with Gasteiger partial charge in [-0.05, 0) is 12.1 Å². The van der Waals surface area contributed by atoms with Crippen LogP contribution in [-0.4, -0.2) is 11.1 Å². The second kappa shape index (κ2) is 6.18. The van der Waals surface area contributed by atoms with Crippen molar-refractivity contribution in [3.8, 4) is 11.8 Å². The van der Waals surface area contributed by atoms with Crippen LogP contribution in [0.1, 0.15) is 21.5 Å². The van der Waals surface area contributed by atoms with Crippen molar-refractivity contribution in [3.05, 3.63) is 71.3 Å². The van der Waals surface area contributed by atoms with Crippen molar-refractivity contribution in [2.75, 3.05) is 5.33 Å². The minimum atomic E-state index is 0.00933. The fourth-order valence-electron chi connectivity index (χ4n) is 1.66. The highest BCUT2D eigenvalue weighted by atomic mass is 79.9. The van der Waals surface area contributed by atoms with Gasteiger partial charge in [-0.3, -0.25) is 4.79 Å². The quantitative estimate of drug-likeness (QED) is 0.470. The Bertz CT molecular complexity index is 606. The van der Waals surface area contributed by atoms with Crippen LogP contribution >= 0.6 is 15.9 Å². The molecule has 0 aliphatic rings. The maximum Gasteiger partial charge on any atom is 0.194 e. The zero-order valence-electron chi connectivity index (χ0n) is 9.69. The van der Waals surface area contributed by atoms with Gasteiger partial charge in [-0.2, -0.15) is 0 Å². The van der Waals surface area contributed by atoms with Gasteiger partial charge in [0.1, 0.15) is 0 Å². The van der Waals surface area contributed by atoms with Crippen molar-refractivity contribution in [3.63, 3.8) is 0 Å². The van der Waals surface area contributed by atoms with Crippen LogP contribution in [0.25, 0.3) is 0 Å². The minimum Gasteiger partial charge on any atom is -0.289 e. The van der Waals surface area contributed by atoms with Crippen molar-refractivity contribution in [1.29, 1.82) is 0 Å². The molecule has 0 radical (unpaired) electrons. The molecule has 0 saturated carbocycles. The molecule has 2 rings (SSSR count). The highest BCUT2D eigenvalue weighted by molar-refractivity contribution is 9.09. The molecule has 0 amide bonds. The van der Waals surface area contributed by atoms with E-state index in [2.05, 4.69) is 27.8 Å².